The molecule has 0 saturated carbocycles. The number of hydrogen-bond donors (Lipinski definition) is 0. The standard InChI is InChI=1S/C48H32N2O/c1-4-14-33(15-5-1)36-30-37(34-16-6-2-7-17-34)32-40(31-36)49(38-18-8-3-9-19-38)39-26-24-35(25-27-39)41-28-29-43-42-20-10-11-21-44(42)50-45-22-12-13-23-46(45)51-48(41)47(43)50/h1-32H. The average molecular weight is 653 g/mol. The first-order chi connectivity index (χ1) is 25.3. The lowest BCUT2D eigenvalue weighted by Gasteiger charge is -2.27. The third kappa shape index (κ3) is 4.90. The summed E-state index contributed by atoms with van der Waals surface area (Å²) in [7, 11) is 0. The van der Waals surface area contributed by atoms with Crippen LogP contribution in [0.3, 0.4) is 0 Å². The monoisotopic (exact) mass is 652 g/mol. The van der Waals surface area contributed by atoms with Crippen molar-refractivity contribution in [3.63, 3.8) is 0 Å². The fraction of sp³-hybridized carbons (Fsp3) is 0. The van der Waals surface area contributed by atoms with Crippen LogP contribution in [-0.4, -0.2) is 4.57 Å². The topological polar surface area (TPSA) is 17.4 Å². The molecular weight excluding hydrogens is 621 g/mol. The van der Waals surface area contributed by atoms with Crippen LogP contribution in [0.5, 0.6) is 11.5 Å². The van der Waals surface area contributed by atoms with Crippen molar-refractivity contribution in [2.45, 2.75) is 0 Å². The lowest BCUT2D eigenvalue weighted by atomic mass is 9.97. The predicted octanol–water partition coefficient (Wildman–Crippen LogP) is 13.4. The number of para-hydroxylation sites is 4. The lowest BCUT2D eigenvalue weighted by molar-refractivity contribution is 0.478. The molecule has 0 saturated heterocycles. The van der Waals surface area contributed by atoms with Crippen molar-refractivity contribution in [2.24, 2.45) is 0 Å². The Bertz CT molecular complexity index is 2640. The number of hydrogen-bond acceptors (Lipinski definition) is 2. The maximum absolute atomic E-state index is 6.76. The Morgan fingerprint density at radius 2 is 0.980 bits per heavy atom. The number of benzene rings is 8. The zero-order chi connectivity index (χ0) is 33.7. The molecule has 0 spiro atoms. The van der Waals surface area contributed by atoms with Crippen molar-refractivity contribution in [2.75, 3.05) is 4.90 Å². The van der Waals surface area contributed by atoms with Gasteiger partial charge in [0.05, 0.1) is 16.7 Å². The maximum Gasteiger partial charge on any atom is 0.160 e. The van der Waals surface area contributed by atoms with Crippen molar-refractivity contribution in [1.29, 1.82) is 0 Å². The average Bonchev–Trinajstić information content (AvgIpc) is 3.55. The summed E-state index contributed by atoms with van der Waals surface area (Å²) in [5.41, 5.74) is 13.5. The minimum Gasteiger partial charge on any atom is -0.452 e. The Morgan fingerprint density at radius 1 is 0.392 bits per heavy atom. The molecule has 1 aliphatic rings. The van der Waals surface area contributed by atoms with Gasteiger partial charge in [0.15, 0.2) is 11.5 Å². The Morgan fingerprint density at radius 3 is 1.69 bits per heavy atom. The van der Waals surface area contributed by atoms with E-state index in [-0.39, 0.29) is 0 Å². The van der Waals surface area contributed by atoms with Crippen molar-refractivity contribution >= 4 is 38.9 Å². The van der Waals surface area contributed by atoms with Crippen LogP contribution in [0, 0.1) is 0 Å². The first-order valence-electron chi connectivity index (χ1n) is 17.4. The van der Waals surface area contributed by atoms with Crippen LogP contribution < -0.4 is 9.64 Å². The summed E-state index contributed by atoms with van der Waals surface area (Å²) in [5.74, 6) is 1.75. The fourth-order valence-electron chi connectivity index (χ4n) is 7.60. The third-order valence-corrected chi connectivity index (χ3v) is 9.95. The molecule has 240 valence electrons. The van der Waals surface area contributed by atoms with E-state index in [1.165, 1.54) is 38.5 Å². The molecule has 0 radical (unpaired) electrons. The third-order valence-electron chi connectivity index (χ3n) is 9.95. The van der Waals surface area contributed by atoms with Crippen molar-refractivity contribution < 1.29 is 4.74 Å². The Labute approximate surface area is 296 Å². The summed E-state index contributed by atoms with van der Waals surface area (Å²) < 4.78 is 9.12. The van der Waals surface area contributed by atoms with Crippen LogP contribution in [0.25, 0.3) is 60.9 Å². The molecule has 1 aliphatic heterocycles. The van der Waals surface area contributed by atoms with Gasteiger partial charge in [0, 0.05) is 33.4 Å². The first kappa shape index (κ1) is 29.1. The van der Waals surface area contributed by atoms with E-state index in [1.807, 2.05) is 6.07 Å². The van der Waals surface area contributed by atoms with Crippen LogP contribution >= 0.6 is 0 Å². The molecule has 51 heavy (non-hydrogen) atoms. The van der Waals surface area contributed by atoms with E-state index in [0.29, 0.717) is 0 Å². The summed E-state index contributed by atoms with van der Waals surface area (Å²) >= 11 is 0. The summed E-state index contributed by atoms with van der Waals surface area (Å²) in [6.45, 7) is 0. The van der Waals surface area contributed by atoms with Gasteiger partial charge in [-0.05, 0) is 94.5 Å². The molecule has 10 rings (SSSR count). The highest BCUT2D eigenvalue weighted by atomic mass is 16.5. The van der Waals surface area contributed by atoms with Crippen LogP contribution in [0.15, 0.2) is 194 Å². The molecule has 0 bridgehead atoms. The minimum atomic E-state index is 0.861. The Hall–Kier alpha value is -6.84. The van der Waals surface area contributed by atoms with E-state index in [9.17, 15) is 0 Å². The zero-order valence-corrected chi connectivity index (χ0v) is 27.8. The quantitative estimate of drug-likeness (QED) is 0.178. The SMILES string of the molecule is c1ccc(-c2cc(-c3ccccc3)cc(N(c3ccccc3)c3ccc(-c4ccc5c6ccccc6n6c5c4Oc4ccccc4-6)cc3)c2)cc1. The van der Waals surface area contributed by atoms with Gasteiger partial charge < -0.3 is 14.2 Å². The summed E-state index contributed by atoms with van der Waals surface area (Å²) in [5, 5.41) is 2.42. The molecule has 8 aromatic carbocycles. The maximum atomic E-state index is 6.76. The van der Waals surface area contributed by atoms with E-state index < -0.39 is 0 Å². The number of ether oxygens (including phenoxy) is 1. The van der Waals surface area contributed by atoms with Crippen molar-refractivity contribution in [3.8, 4) is 50.6 Å². The van der Waals surface area contributed by atoms with Gasteiger partial charge in [-0.3, -0.25) is 0 Å². The predicted molar refractivity (Wildman–Crippen MR) is 212 cm³/mol. The molecular formula is C48H32N2O. The van der Waals surface area contributed by atoms with Crippen molar-refractivity contribution in [3.05, 3.63) is 194 Å². The normalized spacial score (nSPS) is 11.7. The largest absolute Gasteiger partial charge is 0.452 e. The van der Waals surface area contributed by atoms with Gasteiger partial charge in [-0.15, -0.1) is 0 Å². The van der Waals surface area contributed by atoms with E-state index >= 15 is 0 Å². The molecule has 9 aromatic rings. The summed E-state index contributed by atoms with van der Waals surface area (Å²) in [6, 6.07) is 69.0. The number of nitrogens with zero attached hydrogens (tertiary/aromatic N) is 2. The van der Waals surface area contributed by atoms with Crippen LogP contribution in [0.1, 0.15) is 0 Å². The van der Waals surface area contributed by atoms with E-state index in [1.54, 1.807) is 0 Å². The molecule has 0 amide bonds. The van der Waals surface area contributed by atoms with Crippen LogP contribution in [0.2, 0.25) is 0 Å². The molecule has 2 heterocycles. The molecule has 0 fully saturated rings. The van der Waals surface area contributed by atoms with E-state index in [2.05, 4.69) is 198 Å². The fourth-order valence-corrected chi connectivity index (χ4v) is 7.60. The Kier molecular flexibility index (Phi) is 6.81. The summed E-state index contributed by atoms with van der Waals surface area (Å²) in [6.07, 6.45) is 0. The second kappa shape index (κ2) is 11.9. The number of rotatable bonds is 6. The van der Waals surface area contributed by atoms with Gasteiger partial charge >= 0.3 is 0 Å². The van der Waals surface area contributed by atoms with Crippen LogP contribution in [0.4, 0.5) is 17.1 Å². The highest BCUT2D eigenvalue weighted by Crippen LogP contribution is 2.50. The smallest absolute Gasteiger partial charge is 0.160 e. The van der Waals surface area contributed by atoms with Gasteiger partial charge in [0.1, 0.15) is 0 Å². The second-order valence-corrected chi connectivity index (χ2v) is 13.0. The molecule has 0 unspecified atom stereocenters. The highest BCUT2D eigenvalue weighted by Gasteiger charge is 2.26. The number of fused-ring (bicyclic) bond motifs is 5. The second-order valence-electron chi connectivity index (χ2n) is 13.0. The molecule has 0 atom stereocenters. The Balaban J connectivity index is 1.13. The molecule has 1 aromatic heterocycles. The van der Waals surface area contributed by atoms with Gasteiger partial charge in [-0.2, -0.15) is 0 Å². The lowest BCUT2D eigenvalue weighted by Crippen LogP contribution is -2.10. The van der Waals surface area contributed by atoms with Gasteiger partial charge in [0.25, 0.3) is 0 Å². The van der Waals surface area contributed by atoms with Gasteiger partial charge in [0.2, 0.25) is 0 Å². The molecule has 3 heteroatoms. The summed E-state index contributed by atoms with van der Waals surface area (Å²) in [4.78, 5) is 2.35. The molecule has 3 nitrogen and oxygen atoms in total. The van der Waals surface area contributed by atoms with Gasteiger partial charge in [-0.1, -0.05) is 127 Å². The molecule has 0 N–H and O–H groups in total. The number of aromatic nitrogens is 1. The highest BCUT2D eigenvalue weighted by molar-refractivity contribution is 6.14. The van der Waals surface area contributed by atoms with Crippen molar-refractivity contribution in [1.82, 2.24) is 4.57 Å². The minimum absolute atomic E-state index is 0.861. The van der Waals surface area contributed by atoms with Gasteiger partial charge in [-0.25, -0.2) is 0 Å². The van der Waals surface area contributed by atoms with E-state index in [0.717, 1.165) is 50.9 Å². The van der Waals surface area contributed by atoms with Crippen LogP contribution in [-0.2, 0) is 0 Å². The zero-order valence-electron chi connectivity index (χ0n) is 27.8. The van der Waals surface area contributed by atoms with E-state index in [4.69, 9.17) is 4.74 Å². The first-order valence-corrected chi connectivity index (χ1v) is 17.4. The molecule has 0 aliphatic carbocycles. The number of anilines is 3.